The summed E-state index contributed by atoms with van der Waals surface area (Å²) in [6.45, 7) is 8.69. The van der Waals surface area contributed by atoms with E-state index in [9.17, 15) is 8.42 Å². The average molecular weight is 347 g/mol. The molecule has 1 atom stereocenters. The molecule has 0 amide bonds. The highest BCUT2D eigenvalue weighted by Gasteiger charge is 2.31. The van der Waals surface area contributed by atoms with E-state index in [0.717, 1.165) is 5.56 Å². The van der Waals surface area contributed by atoms with Gasteiger partial charge in [-0.15, -0.1) is 6.58 Å². The van der Waals surface area contributed by atoms with Gasteiger partial charge in [0.15, 0.2) is 0 Å². The van der Waals surface area contributed by atoms with Crippen LogP contribution in [0.3, 0.4) is 0 Å². The van der Waals surface area contributed by atoms with Gasteiger partial charge in [0.2, 0.25) is 10.0 Å². The van der Waals surface area contributed by atoms with Gasteiger partial charge in [0.05, 0.1) is 10.8 Å². The second-order valence-corrected chi connectivity index (χ2v) is 8.50. The molecule has 1 heterocycles. The van der Waals surface area contributed by atoms with Crippen molar-refractivity contribution in [1.82, 2.24) is 9.71 Å². The van der Waals surface area contributed by atoms with Crippen LogP contribution in [0, 0.1) is 0 Å². The summed E-state index contributed by atoms with van der Waals surface area (Å²) in [4.78, 5) is 4.04. The number of nitrogens with one attached hydrogen (secondary N) is 1. The third kappa shape index (κ3) is 4.40. The average Bonchev–Trinajstić information content (AvgIpc) is 2.26. The van der Waals surface area contributed by atoms with Gasteiger partial charge >= 0.3 is 0 Å². The summed E-state index contributed by atoms with van der Waals surface area (Å²) in [6.07, 6.45) is 3.86. The fraction of sp³-hybridized carbons (Fsp3) is 0.462. The van der Waals surface area contributed by atoms with Crippen LogP contribution in [0.2, 0.25) is 0 Å². The van der Waals surface area contributed by atoms with Crippen LogP contribution in [0.15, 0.2) is 35.6 Å². The Kier molecular flexibility index (Phi) is 5.29. The van der Waals surface area contributed by atoms with Crippen LogP contribution in [-0.4, -0.2) is 18.1 Å². The first-order valence-corrected chi connectivity index (χ1v) is 8.19. The zero-order chi connectivity index (χ0) is 14.7. The Hall–Kier alpha value is -0.720. The number of nitrogens with zero attached hydrogens (tertiary/aromatic N) is 1. The number of halogens is 1. The number of hydrogen-bond donors (Lipinski definition) is 1. The van der Waals surface area contributed by atoms with Crippen molar-refractivity contribution in [1.29, 1.82) is 0 Å². The van der Waals surface area contributed by atoms with Crippen molar-refractivity contribution in [3.05, 3.63) is 41.2 Å². The molecular weight excluding hydrogens is 328 g/mol. The third-order valence-electron chi connectivity index (χ3n) is 2.66. The Labute approximate surface area is 123 Å². The lowest BCUT2D eigenvalue weighted by atomic mass is 10.1. The van der Waals surface area contributed by atoms with Crippen molar-refractivity contribution in [3.63, 3.8) is 0 Å². The molecule has 19 heavy (non-hydrogen) atoms. The number of rotatable bonds is 5. The maximum absolute atomic E-state index is 12.2. The topological polar surface area (TPSA) is 59.1 Å². The molecule has 106 valence electrons. The van der Waals surface area contributed by atoms with Crippen LogP contribution < -0.4 is 4.72 Å². The first-order chi connectivity index (χ1) is 8.67. The fourth-order valence-corrected chi connectivity index (χ4v) is 2.76. The summed E-state index contributed by atoms with van der Waals surface area (Å²) in [6, 6.07) is 3.27. The van der Waals surface area contributed by atoms with E-state index in [4.69, 9.17) is 0 Å². The van der Waals surface area contributed by atoms with Crippen LogP contribution in [-0.2, 0) is 10.0 Å². The van der Waals surface area contributed by atoms with Gasteiger partial charge in [-0.2, -0.15) is 0 Å². The van der Waals surface area contributed by atoms with E-state index in [1.165, 1.54) is 0 Å². The van der Waals surface area contributed by atoms with E-state index in [1.807, 2.05) is 0 Å². The van der Waals surface area contributed by atoms with Gasteiger partial charge in [0, 0.05) is 6.20 Å². The molecule has 1 aromatic heterocycles. The highest BCUT2D eigenvalue weighted by molar-refractivity contribution is 9.10. The van der Waals surface area contributed by atoms with Crippen molar-refractivity contribution < 1.29 is 8.42 Å². The zero-order valence-corrected chi connectivity index (χ0v) is 13.8. The summed E-state index contributed by atoms with van der Waals surface area (Å²) < 4.78 is 27.0. The molecule has 0 radical (unpaired) electrons. The van der Waals surface area contributed by atoms with E-state index in [0.29, 0.717) is 11.0 Å². The third-order valence-corrected chi connectivity index (χ3v) is 5.30. The molecule has 0 aliphatic rings. The number of sulfonamides is 1. The Balaban J connectivity index is 3.07. The van der Waals surface area contributed by atoms with Crippen molar-refractivity contribution >= 4 is 26.0 Å². The molecule has 0 aromatic carbocycles. The molecular formula is C13H19BrN2O2S. The maximum atomic E-state index is 12.2. The number of hydrogen-bond acceptors (Lipinski definition) is 3. The molecule has 0 spiro atoms. The van der Waals surface area contributed by atoms with Gasteiger partial charge in [0.1, 0.15) is 4.60 Å². The molecule has 0 aliphatic heterocycles. The molecule has 1 aromatic rings. The lowest BCUT2D eigenvalue weighted by Crippen LogP contribution is -2.41. The van der Waals surface area contributed by atoms with E-state index in [-0.39, 0.29) is 6.04 Å². The van der Waals surface area contributed by atoms with E-state index < -0.39 is 14.8 Å². The highest BCUT2D eigenvalue weighted by Crippen LogP contribution is 2.23. The van der Waals surface area contributed by atoms with Gasteiger partial charge in [-0.25, -0.2) is 18.1 Å². The van der Waals surface area contributed by atoms with Gasteiger partial charge in [0.25, 0.3) is 0 Å². The monoisotopic (exact) mass is 346 g/mol. The standard InChI is InChI=1S/C13H19BrN2O2S/c1-5-6-11(10-7-8-15-12(14)9-10)16-19(17,18)13(2,3)4/h5,7-9,11,16H,1,6H2,2-4H3. The summed E-state index contributed by atoms with van der Waals surface area (Å²) in [5.41, 5.74) is 0.856. The zero-order valence-electron chi connectivity index (χ0n) is 11.4. The predicted octanol–water partition coefficient (Wildman–Crippen LogP) is 3.18. The van der Waals surface area contributed by atoms with Crippen molar-refractivity contribution in [2.75, 3.05) is 0 Å². The van der Waals surface area contributed by atoms with Crippen molar-refractivity contribution in [3.8, 4) is 0 Å². The Morgan fingerprint density at radius 1 is 1.53 bits per heavy atom. The minimum Gasteiger partial charge on any atom is -0.249 e. The molecule has 0 fully saturated rings. The molecule has 0 saturated carbocycles. The van der Waals surface area contributed by atoms with Crippen molar-refractivity contribution in [2.24, 2.45) is 0 Å². The largest absolute Gasteiger partial charge is 0.249 e. The summed E-state index contributed by atoms with van der Waals surface area (Å²) in [5, 5.41) is 0. The quantitative estimate of drug-likeness (QED) is 0.657. The normalized spacial score (nSPS) is 14.1. The van der Waals surface area contributed by atoms with Crippen LogP contribution in [0.5, 0.6) is 0 Å². The highest BCUT2D eigenvalue weighted by atomic mass is 79.9. The van der Waals surface area contributed by atoms with E-state index >= 15 is 0 Å². The smallest absolute Gasteiger partial charge is 0.217 e. The second kappa shape index (κ2) is 6.15. The summed E-state index contributed by atoms with van der Waals surface area (Å²) in [7, 11) is -3.41. The van der Waals surface area contributed by atoms with Crippen LogP contribution in [0.1, 0.15) is 38.8 Å². The Morgan fingerprint density at radius 2 is 2.16 bits per heavy atom. The lowest BCUT2D eigenvalue weighted by Gasteiger charge is -2.25. The van der Waals surface area contributed by atoms with Crippen LogP contribution in [0.4, 0.5) is 0 Å². The first-order valence-electron chi connectivity index (χ1n) is 5.91. The molecule has 1 unspecified atom stereocenters. The first kappa shape index (κ1) is 16.3. The van der Waals surface area contributed by atoms with E-state index in [1.54, 1.807) is 45.2 Å². The van der Waals surface area contributed by atoms with Gasteiger partial charge in [-0.1, -0.05) is 6.08 Å². The van der Waals surface area contributed by atoms with Crippen molar-refractivity contribution in [2.45, 2.75) is 38.0 Å². The fourth-order valence-electron chi connectivity index (χ4n) is 1.42. The number of aromatic nitrogens is 1. The van der Waals surface area contributed by atoms with Gasteiger partial charge in [-0.05, 0) is 60.8 Å². The maximum Gasteiger partial charge on any atom is 0.217 e. The van der Waals surface area contributed by atoms with Gasteiger partial charge < -0.3 is 0 Å². The predicted molar refractivity (Wildman–Crippen MR) is 81.3 cm³/mol. The molecule has 1 rings (SSSR count). The minimum absolute atomic E-state index is 0.332. The SMILES string of the molecule is C=CCC(NS(=O)(=O)C(C)(C)C)c1ccnc(Br)c1. The molecule has 0 bridgehead atoms. The van der Waals surface area contributed by atoms with Crippen LogP contribution >= 0.6 is 15.9 Å². The number of pyridine rings is 1. The second-order valence-electron chi connectivity index (χ2n) is 5.22. The Morgan fingerprint density at radius 3 is 2.63 bits per heavy atom. The Bertz CT molecular complexity index is 550. The molecule has 0 aliphatic carbocycles. The molecule has 0 saturated heterocycles. The minimum atomic E-state index is -3.41. The molecule has 4 nitrogen and oxygen atoms in total. The van der Waals surface area contributed by atoms with Gasteiger partial charge in [-0.3, -0.25) is 0 Å². The molecule has 6 heteroatoms. The summed E-state index contributed by atoms with van der Waals surface area (Å²) in [5.74, 6) is 0. The molecule has 1 N–H and O–H groups in total. The van der Waals surface area contributed by atoms with Crippen LogP contribution in [0.25, 0.3) is 0 Å². The summed E-state index contributed by atoms with van der Waals surface area (Å²) >= 11 is 3.29. The van der Waals surface area contributed by atoms with E-state index in [2.05, 4.69) is 32.2 Å². The lowest BCUT2D eigenvalue weighted by molar-refractivity contribution is 0.524.